The van der Waals surface area contributed by atoms with Gasteiger partial charge in [-0.3, -0.25) is 4.90 Å². The average molecular weight is 385 g/mol. The molecule has 2 amide bonds. The monoisotopic (exact) mass is 385 g/mol. The average Bonchev–Trinajstić information content (AvgIpc) is 3.29. The molecule has 2 aliphatic rings. The molecule has 4 rings (SSSR count). The molecule has 28 heavy (non-hydrogen) atoms. The zero-order valence-corrected chi connectivity index (χ0v) is 16.0. The second-order valence-electron chi connectivity index (χ2n) is 7.41. The predicted molar refractivity (Wildman–Crippen MR) is 104 cm³/mol. The van der Waals surface area contributed by atoms with E-state index in [1.165, 1.54) is 30.3 Å². The van der Waals surface area contributed by atoms with Crippen molar-refractivity contribution in [3.8, 4) is 5.82 Å². The summed E-state index contributed by atoms with van der Waals surface area (Å²) in [7, 11) is 0. The molecule has 1 aliphatic heterocycles. The van der Waals surface area contributed by atoms with Crippen LogP contribution in [0.15, 0.2) is 31.0 Å². The summed E-state index contributed by atoms with van der Waals surface area (Å²) in [6.07, 6.45) is 10.6. The number of pyridine rings is 1. The highest BCUT2D eigenvalue weighted by Crippen LogP contribution is 2.33. The summed E-state index contributed by atoms with van der Waals surface area (Å²) in [6.45, 7) is 4.04. The van der Waals surface area contributed by atoms with Gasteiger partial charge >= 0.3 is 6.03 Å². The van der Waals surface area contributed by atoms with E-state index in [9.17, 15) is 4.79 Å². The number of urea groups is 1. The Bertz CT molecular complexity index is 768. The van der Waals surface area contributed by atoms with Gasteiger partial charge in [0, 0.05) is 31.4 Å². The Morgan fingerprint density at radius 1 is 1.21 bits per heavy atom. The molecule has 150 valence electrons. The Labute approximate surface area is 164 Å². The van der Waals surface area contributed by atoms with E-state index in [-0.39, 0.29) is 11.6 Å². The van der Waals surface area contributed by atoms with Crippen LogP contribution < -0.4 is 10.6 Å². The third kappa shape index (κ3) is 4.15. The van der Waals surface area contributed by atoms with E-state index in [1.54, 1.807) is 18.6 Å². The van der Waals surface area contributed by atoms with Crippen LogP contribution >= 0.6 is 0 Å². The van der Waals surface area contributed by atoms with E-state index in [0.29, 0.717) is 18.1 Å². The molecule has 0 unspecified atom stereocenters. The topological polar surface area (TPSA) is 97.2 Å². The van der Waals surface area contributed by atoms with E-state index in [4.69, 9.17) is 4.74 Å². The molecule has 0 bridgehead atoms. The largest absolute Gasteiger partial charge is 0.379 e. The number of carbonyl (C=O) groups is 1. The third-order valence-corrected chi connectivity index (χ3v) is 5.71. The highest BCUT2D eigenvalue weighted by atomic mass is 16.5. The summed E-state index contributed by atoms with van der Waals surface area (Å²) in [5.41, 5.74) is 0.623. The first-order valence-corrected chi connectivity index (χ1v) is 9.95. The lowest BCUT2D eigenvalue weighted by Crippen LogP contribution is -2.60. The standard InChI is InChI=1S/C19H27N7O2/c27-18(24-16-5-4-8-21-17(16)26-15-20-14-23-26)22-13-19(6-2-1-3-7-19)25-9-11-28-12-10-25/h4-5,8,14-15H,1-3,6-7,9-13H2,(H2,22,24,27). The minimum Gasteiger partial charge on any atom is -0.379 e. The molecule has 0 radical (unpaired) electrons. The molecule has 9 heteroatoms. The maximum Gasteiger partial charge on any atom is 0.319 e. The lowest BCUT2D eigenvalue weighted by atomic mass is 9.80. The van der Waals surface area contributed by atoms with Crippen LogP contribution in [0.2, 0.25) is 0 Å². The van der Waals surface area contributed by atoms with Crippen LogP contribution in [0.4, 0.5) is 10.5 Å². The van der Waals surface area contributed by atoms with Gasteiger partial charge in [-0.15, -0.1) is 0 Å². The van der Waals surface area contributed by atoms with Gasteiger partial charge in [-0.2, -0.15) is 5.10 Å². The van der Waals surface area contributed by atoms with Crippen LogP contribution in [0.1, 0.15) is 32.1 Å². The summed E-state index contributed by atoms with van der Waals surface area (Å²) in [5.74, 6) is 0.538. The highest BCUT2D eigenvalue weighted by Gasteiger charge is 2.38. The molecular formula is C19H27N7O2. The van der Waals surface area contributed by atoms with Gasteiger partial charge in [0.15, 0.2) is 5.82 Å². The quantitative estimate of drug-likeness (QED) is 0.815. The predicted octanol–water partition coefficient (Wildman–Crippen LogP) is 1.82. The van der Waals surface area contributed by atoms with Crippen molar-refractivity contribution in [1.82, 2.24) is 30.0 Å². The fraction of sp³-hybridized carbons (Fsp3) is 0.579. The molecule has 2 aromatic heterocycles. The Hall–Kier alpha value is -2.52. The molecule has 0 atom stereocenters. The van der Waals surface area contributed by atoms with Crippen molar-refractivity contribution in [2.45, 2.75) is 37.6 Å². The Morgan fingerprint density at radius 3 is 2.79 bits per heavy atom. The van der Waals surface area contributed by atoms with Crippen molar-refractivity contribution in [1.29, 1.82) is 0 Å². The van der Waals surface area contributed by atoms with Crippen molar-refractivity contribution in [2.24, 2.45) is 0 Å². The van der Waals surface area contributed by atoms with E-state index in [0.717, 1.165) is 39.1 Å². The summed E-state index contributed by atoms with van der Waals surface area (Å²) in [5, 5.41) is 10.1. The highest BCUT2D eigenvalue weighted by molar-refractivity contribution is 5.91. The first-order valence-electron chi connectivity index (χ1n) is 9.95. The van der Waals surface area contributed by atoms with Crippen molar-refractivity contribution in [2.75, 3.05) is 38.2 Å². The number of nitrogens with one attached hydrogen (secondary N) is 2. The Morgan fingerprint density at radius 2 is 2.04 bits per heavy atom. The van der Waals surface area contributed by atoms with Crippen molar-refractivity contribution < 1.29 is 9.53 Å². The fourth-order valence-electron chi connectivity index (χ4n) is 4.26. The zero-order valence-electron chi connectivity index (χ0n) is 16.0. The summed E-state index contributed by atoms with van der Waals surface area (Å²) in [4.78, 5) is 23.4. The van der Waals surface area contributed by atoms with Crippen LogP contribution in [0.5, 0.6) is 0 Å². The molecule has 1 saturated carbocycles. The number of aromatic nitrogens is 4. The number of nitrogens with zero attached hydrogens (tertiary/aromatic N) is 5. The van der Waals surface area contributed by atoms with Gasteiger partial charge in [-0.1, -0.05) is 19.3 Å². The van der Waals surface area contributed by atoms with E-state index in [2.05, 4.69) is 30.6 Å². The van der Waals surface area contributed by atoms with Crippen LogP contribution in [-0.2, 0) is 4.74 Å². The van der Waals surface area contributed by atoms with E-state index < -0.39 is 0 Å². The molecule has 2 N–H and O–H groups in total. The number of hydrogen-bond donors (Lipinski definition) is 2. The minimum atomic E-state index is -0.229. The van der Waals surface area contributed by atoms with Crippen LogP contribution in [0.3, 0.4) is 0 Å². The van der Waals surface area contributed by atoms with Crippen LogP contribution in [0.25, 0.3) is 5.82 Å². The lowest BCUT2D eigenvalue weighted by molar-refractivity contribution is -0.0356. The summed E-state index contributed by atoms with van der Waals surface area (Å²) < 4.78 is 7.06. The molecular weight excluding hydrogens is 358 g/mol. The molecule has 2 aromatic rings. The number of rotatable bonds is 5. The molecule has 1 aliphatic carbocycles. The van der Waals surface area contributed by atoms with Crippen molar-refractivity contribution >= 4 is 11.7 Å². The van der Waals surface area contributed by atoms with Crippen LogP contribution in [-0.4, -0.2) is 69.1 Å². The molecule has 0 aromatic carbocycles. The van der Waals surface area contributed by atoms with Crippen molar-refractivity contribution in [3.63, 3.8) is 0 Å². The SMILES string of the molecule is O=C(NCC1(N2CCOCC2)CCCCC1)Nc1cccnc1-n1cncn1. The van der Waals surface area contributed by atoms with Gasteiger partial charge < -0.3 is 15.4 Å². The van der Waals surface area contributed by atoms with Crippen LogP contribution in [0, 0.1) is 0 Å². The van der Waals surface area contributed by atoms with Gasteiger partial charge in [-0.25, -0.2) is 19.4 Å². The number of amides is 2. The van der Waals surface area contributed by atoms with Crippen molar-refractivity contribution in [3.05, 3.63) is 31.0 Å². The molecule has 0 spiro atoms. The number of anilines is 1. The third-order valence-electron chi connectivity index (χ3n) is 5.71. The van der Waals surface area contributed by atoms with Gasteiger partial charge in [0.25, 0.3) is 0 Å². The van der Waals surface area contributed by atoms with Gasteiger partial charge in [0.2, 0.25) is 0 Å². The molecule has 3 heterocycles. The Balaban J connectivity index is 1.42. The summed E-state index contributed by atoms with van der Waals surface area (Å²) in [6, 6.07) is 3.36. The molecule has 1 saturated heterocycles. The second kappa shape index (κ2) is 8.66. The maximum atomic E-state index is 12.7. The first-order chi connectivity index (χ1) is 13.8. The van der Waals surface area contributed by atoms with Gasteiger partial charge in [0.1, 0.15) is 12.7 Å². The summed E-state index contributed by atoms with van der Waals surface area (Å²) >= 11 is 0. The Kier molecular flexibility index (Phi) is 5.82. The van der Waals surface area contributed by atoms with E-state index >= 15 is 0 Å². The first kappa shape index (κ1) is 18.8. The number of ether oxygens (including phenoxy) is 1. The molecule has 9 nitrogen and oxygen atoms in total. The minimum absolute atomic E-state index is 0.0308. The lowest BCUT2D eigenvalue weighted by Gasteiger charge is -2.48. The number of morpholine rings is 1. The second-order valence-corrected chi connectivity index (χ2v) is 7.41. The van der Waals surface area contributed by atoms with E-state index in [1.807, 2.05) is 6.07 Å². The van der Waals surface area contributed by atoms with Gasteiger partial charge in [-0.05, 0) is 25.0 Å². The smallest absolute Gasteiger partial charge is 0.319 e. The number of carbonyl (C=O) groups excluding carboxylic acids is 1. The molecule has 2 fully saturated rings. The zero-order chi connectivity index (χ0) is 19.2. The number of hydrogen-bond acceptors (Lipinski definition) is 6. The maximum absolute atomic E-state index is 12.7. The fourth-order valence-corrected chi connectivity index (χ4v) is 4.26. The van der Waals surface area contributed by atoms with Gasteiger partial charge in [0.05, 0.1) is 18.9 Å². The normalized spacial score (nSPS) is 19.9.